The third-order valence-electron chi connectivity index (χ3n) is 6.46. The Morgan fingerprint density at radius 3 is 2.75 bits per heavy atom. The number of pyridine rings is 1. The summed E-state index contributed by atoms with van der Waals surface area (Å²) in [4.78, 5) is 21.8. The Bertz CT molecular complexity index is 1780. The summed E-state index contributed by atoms with van der Waals surface area (Å²) >= 11 is 1.52. The number of nitrogens with one attached hydrogen (secondary N) is 2. The van der Waals surface area contributed by atoms with Crippen LogP contribution in [0.4, 0.5) is 0 Å². The average molecular weight is 493 g/mol. The molecule has 0 fully saturated rings. The van der Waals surface area contributed by atoms with E-state index in [-0.39, 0.29) is 5.78 Å². The van der Waals surface area contributed by atoms with Crippen molar-refractivity contribution in [2.24, 2.45) is 11.5 Å². The van der Waals surface area contributed by atoms with Crippen LogP contribution in [-0.4, -0.2) is 25.9 Å². The molecule has 5 aromatic rings. The van der Waals surface area contributed by atoms with Crippen molar-refractivity contribution in [2.75, 3.05) is 0 Å². The molecule has 0 spiro atoms. The van der Waals surface area contributed by atoms with Crippen molar-refractivity contribution in [2.45, 2.75) is 20.3 Å². The molecule has 0 radical (unpaired) electrons. The van der Waals surface area contributed by atoms with Gasteiger partial charge in [-0.1, -0.05) is 18.2 Å². The summed E-state index contributed by atoms with van der Waals surface area (Å²) in [6, 6.07) is 12.3. The average Bonchev–Trinajstić information content (AvgIpc) is 3.57. The van der Waals surface area contributed by atoms with E-state index in [9.17, 15) is 4.79 Å². The van der Waals surface area contributed by atoms with Gasteiger partial charge >= 0.3 is 0 Å². The lowest BCUT2D eigenvalue weighted by Gasteiger charge is -2.03. The Hall–Kier alpha value is -4.43. The second kappa shape index (κ2) is 8.35. The van der Waals surface area contributed by atoms with Crippen molar-refractivity contribution in [3.05, 3.63) is 88.2 Å². The first-order valence-corrected chi connectivity index (χ1v) is 12.4. The van der Waals surface area contributed by atoms with Gasteiger partial charge in [0.1, 0.15) is 0 Å². The molecule has 4 heterocycles. The van der Waals surface area contributed by atoms with E-state index in [1.807, 2.05) is 18.2 Å². The number of nitrogens with zero attached hydrogens (tertiary/aromatic N) is 2. The zero-order valence-electron chi connectivity index (χ0n) is 19.8. The monoisotopic (exact) mass is 492 g/mol. The molecule has 6 rings (SSSR count). The maximum absolute atomic E-state index is 11.9. The van der Waals surface area contributed by atoms with Crippen molar-refractivity contribution < 1.29 is 4.79 Å². The fourth-order valence-corrected chi connectivity index (χ4v) is 5.57. The number of allylic oxidation sites excluding steroid dienone is 4. The van der Waals surface area contributed by atoms with Gasteiger partial charge in [0, 0.05) is 56.3 Å². The fraction of sp³-hybridized carbons (Fsp3) is 0.107. The number of nitrogens with two attached hydrogens (primary N) is 2. The number of H-pyrrole nitrogens is 2. The van der Waals surface area contributed by atoms with Crippen LogP contribution in [0.25, 0.3) is 49.3 Å². The van der Waals surface area contributed by atoms with E-state index < -0.39 is 0 Å². The van der Waals surface area contributed by atoms with Gasteiger partial charge in [-0.25, -0.2) is 4.98 Å². The summed E-state index contributed by atoms with van der Waals surface area (Å²) in [6.45, 7) is 3.68. The molecule has 178 valence electrons. The number of fused-ring (bicyclic) bond motifs is 2. The Kier molecular flexibility index (Phi) is 5.12. The van der Waals surface area contributed by atoms with Gasteiger partial charge in [-0.05, 0) is 61.4 Å². The summed E-state index contributed by atoms with van der Waals surface area (Å²) in [5.74, 6) is 0.0791. The minimum atomic E-state index is 0.0791. The number of hydrogen-bond donors (Lipinski definition) is 4. The van der Waals surface area contributed by atoms with Crippen LogP contribution in [0.15, 0.2) is 72.2 Å². The van der Waals surface area contributed by atoms with Gasteiger partial charge in [0.15, 0.2) is 11.4 Å². The Labute approximate surface area is 211 Å². The molecule has 1 aliphatic rings. The van der Waals surface area contributed by atoms with Crippen LogP contribution in [0.2, 0.25) is 0 Å². The molecule has 0 amide bonds. The minimum Gasteiger partial charge on any atom is -0.402 e. The van der Waals surface area contributed by atoms with E-state index in [1.165, 1.54) is 11.3 Å². The Morgan fingerprint density at radius 2 is 1.94 bits per heavy atom. The van der Waals surface area contributed by atoms with Gasteiger partial charge in [-0.2, -0.15) is 5.10 Å². The summed E-state index contributed by atoms with van der Waals surface area (Å²) in [5, 5.41) is 9.62. The lowest BCUT2D eigenvalue weighted by atomic mass is 10.0. The second-order valence-electron chi connectivity index (χ2n) is 9.04. The number of aromatic amines is 2. The molecular formula is C28H24N6OS. The topological polar surface area (TPSA) is 126 Å². The maximum Gasteiger partial charge on any atom is 0.181 e. The number of Topliss-reactive ketones (excluding diaryl/α,β-unsaturated/α-hetero) is 1. The normalized spacial score (nSPS) is 14.0. The van der Waals surface area contributed by atoms with Crippen LogP contribution >= 0.6 is 11.3 Å². The zero-order valence-corrected chi connectivity index (χ0v) is 20.7. The molecule has 0 saturated heterocycles. The van der Waals surface area contributed by atoms with Gasteiger partial charge in [0.25, 0.3) is 0 Å². The van der Waals surface area contributed by atoms with Gasteiger partial charge in [-0.15, -0.1) is 11.3 Å². The number of thiophene rings is 1. The summed E-state index contributed by atoms with van der Waals surface area (Å²) in [6.07, 6.45) is 8.19. The maximum atomic E-state index is 11.9. The highest BCUT2D eigenvalue weighted by Gasteiger charge is 2.17. The summed E-state index contributed by atoms with van der Waals surface area (Å²) < 4.78 is 0. The number of hydrogen-bond acceptors (Lipinski definition) is 6. The lowest BCUT2D eigenvalue weighted by molar-refractivity contribution is 0.102. The smallest absolute Gasteiger partial charge is 0.181 e. The standard InChI is InChI=1S/C28H24N6OS/c1-14-3-6-20(25-8-7-24(36-25)15(2)35)21-12-23(32-26(14)21)27-22-10-17(13-31-28(22)34-33-27)16-4-5-18(29)11-19(30)9-16/h3-4,6-13,32H,5,29-30H2,1-2H3,(H,31,33,34). The molecule has 6 N–H and O–H groups in total. The van der Waals surface area contributed by atoms with Gasteiger partial charge in [-0.3, -0.25) is 9.89 Å². The van der Waals surface area contributed by atoms with Crippen LogP contribution in [0.1, 0.15) is 34.1 Å². The summed E-state index contributed by atoms with van der Waals surface area (Å²) in [5.41, 5.74) is 21.1. The lowest BCUT2D eigenvalue weighted by Crippen LogP contribution is -1.99. The highest BCUT2D eigenvalue weighted by atomic mass is 32.1. The van der Waals surface area contributed by atoms with E-state index in [0.29, 0.717) is 17.8 Å². The first-order chi connectivity index (χ1) is 17.4. The van der Waals surface area contributed by atoms with Crippen molar-refractivity contribution >= 4 is 44.6 Å². The molecule has 8 heteroatoms. The molecular weight excluding hydrogens is 468 g/mol. The van der Waals surface area contributed by atoms with E-state index in [2.05, 4.69) is 57.4 Å². The van der Waals surface area contributed by atoms with E-state index in [1.54, 1.807) is 19.2 Å². The van der Waals surface area contributed by atoms with Gasteiger partial charge < -0.3 is 16.5 Å². The predicted octanol–water partition coefficient (Wildman–Crippen LogP) is 5.82. The molecule has 7 nitrogen and oxygen atoms in total. The van der Waals surface area contributed by atoms with Gasteiger partial charge in [0.05, 0.1) is 16.3 Å². The molecule has 0 saturated carbocycles. The molecule has 0 aliphatic heterocycles. The van der Waals surface area contributed by atoms with E-state index in [0.717, 1.165) is 65.4 Å². The van der Waals surface area contributed by atoms with Crippen molar-refractivity contribution in [1.29, 1.82) is 0 Å². The van der Waals surface area contributed by atoms with Crippen LogP contribution in [0, 0.1) is 6.92 Å². The quantitative estimate of drug-likeness (QED) is 0.235. The summed E-state index contributed by atoms with van der Waals surface area (Å²) in [7, 11) is 0. The first kappa shape index (κ1) is 22.1. The van der Waals surface area contributed by atoms with E-state index in [4.69, 9.17) is 11.5 Å². The van der Waals surface area contributed by atoms with Crippen LogP contribution in [0.5, 0.6) is 0 Å². The fourth-order valence-electron chi connectivity index (χ4n) is 4.63. The van der Waals surface area contributed by atoms with Gasteiger partial charge in [0.2, 0.25) is 0 Å². The number of aryl methyl sites for hydroxylation is 1. The number of rotatable bonds is 4. The number of carbonyl (C=O) groups excluding carboxylic acids is 1. The highest BCUT2D eigenvalue weighted by molar-refractivity contribution is 7.17. The molecule has 0 bridgehead atoms. The SMILES string of the molecule is CC(=O)c1ccc(-c2ccc(C)c3[nH]c(-c4[nH]nc5ncc(C6=CCC(N)=CC(N)=C6)cc45)cc23)s1. The predicted molar refractivity (Wildman–Crippen MR) is 146 cm³/mol. The van der Waals surface area contributed by atoms with Crippen LogP contribution in [0.3, 0.4) is 0 Å². The molecule has 4 aromatic heterocycles. The number of benzene rings is 1. The van der Waals surface area contributed by atoms with Crippen LogP contribution < -0.4 is 11.5 Å². The number of aromatic nitrogens is 4. The van der Waals surface area contributed by atoms with Crippen molar-refractivity contribution in [3.8, 4) is 21.8 Å². The second-order valence-corrected chi connectivity index (χ2v) is 10.1. The van der Waals surface area contributed by atoms with Crippen LogP contribution in [-0.2, 0) is 0 Å². The molecule has 36 heavy (non-hydrogen) atoms. The number of carbonyl (C=O) groups is 1. The highest BCUT2D eigenvalue weighted by Crippen LogP contribution is 2.38. The Balaban J connectivity index is 1.48. The molecule has 0 atom stereocenters. The third kappa shape index (κ3) is 3.72. The van der Waals surface area contributed by atoms with Crippen molar-refractivity contribution in [1.82, 2.24) is 20.2 Å². The Morgan fingerprint density at radius 1 is 1.08 bits per heavy atom. The minimum absolute atomic E-state index is 0.0791. The first-order valence-electron chi connectivity index (χ1n) is 11.6. The number of ketones is 1. The van der Waals surface area contributed by atoms with E-state index >= 15 is 0 Å². The van der Waals surface area contributed by atoms with Crippen molar-refractivity contribution in [3.63, 3.8) is 0 Å². The zero-order chi connectivity index (χ0) is 25.0. The largest absolute Gasteiger partial charge is 0.402 e. The molecule has 1 aromatic carbocycles. The third-order valence-corrected chi connectivity index (χ3v) is 7.68. The molecule has 0 unspecified atom stereocenters. The molecule has 1 aliphatic carbocycles.